The smallest absolute Gasteiger partial charge is 0.334 e. The summed E-state index contributed by atoms with van der Waals surface area (Å²) in [6, 6.07) is 16.5. The maximum atomic E-state index is 13.6. The highest BCUT2D eigenvalue weighted by Crippen LogP contribution is 2.50. The molecule has 0 saturated carbocycles. The van der Waals surface area contributed by atoms with Gasteiger partial charge in [0.1, 0.15) is 5.44 Å². The Labute approximate surface area is 155 Å². The maximum absolute atomic E-state index is 13.6. The van der Waals surface area contributed by atoms with Crippen molar-refractivity contribution in [1.82, 2.24) is 4.57 Å². The van der Waals surface area contributed by atoms with Gasteiger partial charge in [0.15, 0.2) is 0 Å². The Kier molecular flexibility index (Phi) is 5.67. The van der Waals surface area contributed by atoms with Crippen molar-refractivity contribution in [1.29, 1.82) is 0 Å². The molecule has 0 bridgehead atoms. The molecule has 0 radical (unpaired) electrons. The zero-order chi connectivity index (χ0) is 18.7. The van der Waals surface area contributed by atoms with Crippen LogP contribution in [0, 0.1) is 6.92 Å². The molecule has 0 atom stereocenters. The first-order chi connectivity index (χ1) is 12.6. The van der Waals surface area contributed by atoms with Gasteiger partial charge in [-0.15, -0.1) is 0 Å². The average Bonchev–Trinajstić information content (AvgIpc) is 2.98. The molecule has 0 unspecified atom stereocenters. The highest BCUT2D eigenvalue weighted by atomic mass is 31.2. The summed E-state index contributed by atoms with van der Waals surface area (Å²) in [5.41, 5.74) is 4.01. The fourth-order valence-electron chi connectivity index (χ4n) is 3.41. The van der Waals surface area contributed by atoms with Crippen LogP contribution in [0.25, 0.3) is 22.0 Å². The first-order valence-corrected chi connectivity index (χ1v) is 10.7. The van der Waals surface area contributed by atoms with Crippen LogP contribution in [0.2, 0.25) is 0 Å². The Morgan fingerprint density at radius 2 is 1.46 bits per heavy atom. The lowest BCUT2D eigenvalue weighted by Gasteiger charge is -2.20. The maximum Gasteiger partial charge on any atom is 0.378 e. The number of hydrogen-bond acceptors (Lipinski definition) is 3. The second-order valence-electron chi connectivity index (χ2n) is 6.16. The predicted molar refractivity (Wildman–Crippen MR) is 108 cm³/mol. The molecule has 4 nitrogen and oxygen atoms in total. The minimum atomic E-state index is -3.42. The summed E-state index contributed by atoms with van der Waals surface area (Å²) in [5.74, 6) is 0. The van der Waals surface area contributed by atoms with E-state index in [0.717, 1.165) is 22.0 Å². The molecule has 1 heterocycles. The van der Waals surface area contributed by atoms with Gasteiger partial charge in [0.05, 0.1) is 18.9 Å². The summed E-state index contributed by atoms with van der Waals surface area (Å²) >= 11 is 0. The third-order valence-corrected chi connectivity index (χ3v) is 6.64. The van der Waals surface area contributed by atoms with Crippen LogP contribution in [-0.2, 0) is 20.2 Å². The molecule has 26 heavy (non-hydrogen) atoms. The summed E-state index contributed by atoms with van der Waals surface area (Å²) in [6.45, 7) is 9.16. The van der Waals surface area contributed by atoms with E-state index in [9.17, 15) is 4.57 Å². The van der Waals surface area contributed by atoms with Crippen molar-refractivity contribution in [3.8, 4) is 11.3 Å². The Morgan fingerprint density at radius 3 is 2.00 bits per heavy atom. The van der Waals surface area contributed by atoms with Crippen molar-refractivity contribution < 1.29 is 13.6 Å². The monoisotopic (exact) mass is 371 g/mol. The minimum absolute atomic E-state index is 0.334. The summed E-state index contributed by atoms with van der Waals surface area (Å²) < 4.78 is 27.1. The van der Waals surface area contributed by atoms with Crippen LogP contribution in [0.15, 0.2) is 48.5 Å². The van der Waals surface area contributed by atoms with Crippen LogP contribution < -0.4 is 5.44 Å². The van der Waals surface area contributed by atoms with E-state index in [1.54, 1.807) is 0 Å². The summed E-state index contributed by atoms with van der Waals surface area (Å²) in [4.78, 5) is 0. The molecule has 1 aromatic heterocycles. The van der Waals surface area contributed by atoms with Gasteiger partial charge < -0.3 is 13.6 Å². The molecule has 0 amide bonds. The summed E-state index contributed by atoms with van der Waals surface area (Å²) in [7, 11) is -3.42. The van der Waals surface area contributed by atoms with Crippen molar-refractivity contribution in [2.45, 2.75) is 34.2 Å². The molecular formula is C21H26NO3P. The topological polar surface area (TPSA) is 40.5 Å². The molecule has 0 aliphatic rings. The number of aryl methyl sites for hydroxylation is 1. The van der Waals surface area contributed by atoms with Crippen molar-refractivity contribution in [3.05, 3.63) is 54.1 Å². The molecule has 3 aromatic rings. The molecule has 0 spiro atoms. The minimum Gasteiger partial charge on any atom is -0.334 e. The van der Waals surface area contributed by atoms with E-state index in [1.807, 2.05) is 32.0 Å². The van der Waals surface area contributed by atoms with Crippen LogP contribution in [0.3, 0.4) is 0 Å². The van der Waals surface area contributed by atoms with Crippen LogP contribution in [0.1, 0.15) is 26.3 Å². The molecule has 0 aliphatic carbocycles. The van der Waals surface area contributed by atoms with Gasteiger partial charge in [0.25, 0.3) is 0 Å². The zero-order valence-corrected chi connectivity index (χ0v) is 16.8. The molecule has 2 aromatic carbocycles. The number of nitrogens with zero attached hydrogens (tertiary/aromatic N) is 1. The van der Waals surface area contributed by atoms with Gasteiger partial charge in [-0.2, -0.15) is 0 Å². The quantitative estimate of drug-likeness (QED) is 0.513. The SMILES string of the molecule is CCOP(=O)(OCC)c1c2ccccc2c(-c2ccc(C)cc2)n1CC. The largest absolute Gasteiger partial charge is 0.378 e. The Hall–Kier alpha value is -1.87. The highest BCUT2D eigenvalue weighted by Gasteiger charge is 2.34. The van der Waals surface area contributed by atoms with Crippen LogP contribution in [-0.4, -0.2) is 17.8 Å². The van der Waals surface area contributed by atoms with Gasteiger partial charge >= 0.3 is 7.60 Å². The third kappa shape index (κ3) is 3.25. The fourth-order valence-corrected chi connectivity index (χ4v) is 5.43. The lowest BCUT2D eigenvalue weighted by atomic mass is 10.1. The van der Waals surface area contributed by atoms with Crippen LogP contribution >= 0.6 is 7.60 Å². The lowest BCUT2D eigenvalue weighted by Crippen LogP contribution is -2.21. The van der Waals surface area contributed by atoms with Gasteiger partial charge in [-0.25, -0.2) is 0 Å². The van der Waals surface area contributed by atoms with Crippen molar-refractivity contribution in [2.24, 2.45) is 0 Å². The number of hydrogen-bond donors (Lipinski definition) is 0. The van der Waals surface area contributed by atoms with Crippen molar-refractivity contribution in [2.75, 3.05) is 13.2 Å². The third-order valence-electron chi connectivity index (χ3n) is 4.45. The van der Waals surface area contributed by atoms with Gasteiger partial charge in [-0.3, -0.25) is 4.57 Å². The molecule has 0 fully saturated rings. The van der Waals surface area contributed by atoms with Crippen LogP contribution in [0.5, 0.6) is 0 Å². The van der Waals surface area contributed by atoms with E-state index in [1.165, 1.54) is 5.56 Å². The van der Waals surface area contributed by atoms with Crippen molar-refractivity contribution in [3.63, 3.8) is 0 Å². The second kappa shape index (κ2) is 7.79. The average molecular weight is 371 g/mol. The first kappa shape index (κ1) is 18.9. The van der Waals surface area contributed by atoms with E-state index >= 15 is 0 Å². The number of fused-ring (bicyclic) bond motifs is 1. The standard InChI is InChI=1S/C21H26NO3P/c1-5-22-20(17-14-12-16(4)13-15-17)18-10-8-9-11-19(18)21(22)26(23,24-6-2)25-7-3/h8-15H,5-7H2,1-4H3. The summed E-state index contributed by atoms with van der Waals surface area (Å²) in [6.07, 6.45) is 0. The fraction of sp³-hybridized carbons (Fsp3) is 0.333. The Bertz CT molecular complexity index is 934. The zero-order valence-electron chi connectivity index (χ0n) is 15.9. The van der Waals surface area contributed by atoms with E-state index in [2.05, 4.69) is 48.7 Å². The number of benzene rings is 2. The van der Waals surface area contributed by atoms with Gasteiger partial charge in [-0.05, 0) is 33.3 Å². The Balaban J connectivity index is 2.37. The number of rotatable bonds is 7. The van der Waals surface area contributed by atoms with E-state index in [-0.39, 0.29) is 0 Å². The molecular weight excluding hydrogens is 345 g/mol. The predicted octanol–water partition coefficient (Wildman–Crippen LogP) is 5.53. The molecule has 5 heteroatoms. The molecule has 0 saturated heterocycles. The normalized spacial score (nSPS) is 12.0. The molecule has 0 N–H and O–H groups in total. The lowest BCUT2D eigenvalue weighted by molar-refractivity contribution is 0.228. The summed E-state index contributed by atoms with van der Waals surface area (Å²) in [5, 5.41) is 1.99. The highest BCUT2D eigenvalue weighted by molar-refractivity contribution is 7.62. The second-order valence-corrected chi connectivity index (χ2v) is 8.10. The van der Waals surface area contributed by atoms with E-state index in [0.29, 0.717) is 25.2 Å². The van der Waals surface area contributed by atoms with Gasteiger partial charge in [0.2, 0.25) is 0 Å². The van der Waals surface area contributed by atoms with Crippen LogP contribution in [0.4, 0.5) is 0 Å². The van der Waals surface area contributed by atoms with E-state index < -0.39 is 7.60 Å². The van der Waals surface area contributed by atoms with Gasteiger partial charge in [-0.1, -0.05) is 54.1 Å². The molecule has 138 valence electrons. The van der Waals surface area contributed by atoms with Gasteiger partial charge in [0, 0.05) is 17.3 Å². The molecule has 3 rings (SSSR count). The van der Waals surface area contributed by atoms with E-state index in [4.69, 9.17) is 9.05 Å². The first-order valence-electron chi connectivity index (χ1n) is 9.13. The number of aromatic nitrogens is 1. The Morgan fingerprint density at radius 1 is 0.885 bits per heavy atom. The molecule has 0 aliphatic heterocycles. The van der Waals surface area contributed by atoms with Crippen molar-refractivity contribution >= 4 is 23.8 Å².